The average Bonchev–Trinajstić information content (AvgIpc) is 3.19. The summed E-state index contributed by atoms with van der Waals surface area (Å²) in [6, 6.07) is 39.0. The van der Waals surface area contributed by atoms with E-state index >= 15 is 0 Å². The Kier molecular flexibility index (Phi) is 6.70. The van der Waals surface area contributed by atoms with E-state index in [4.69, 9.17) is 0 Å². The van der Waals surface area contributed by atoms with E-state index in [2.05, 4.69) is 108 Å². The number of hydrogen-bond acceptors (Lipinski definition) is 1. The van der Waals surface area contributed by atoms with Crippen LogP contribution in [0.2, 0.25) is 0 Å². The fourth-order valence-electron chi connectivity index (χ4n) is 4.77. The molecule has 0 fully saturated rings. The van der Waals surface area contributed by atoms with Crippen molar-refractivity contribution in [1.29, 1.82) is 0 Å². The van der Waals surface area contributed by atoms with Gasteiger partial charge >= 0.3 is 17.1 Å². The standard InChI is InChI=1S/C30H21N.CH3.Mn/c1-3-10-22(11-4-1)23-12-9-13-24(20-23)25-18-19-30-28(21-25)27-16-7-8-17-29(27)31(30)26-14-5-2-6-15-26;;/h1-10,13-21,27,29H;1H3;/q-2;-1;+3. The summed E-state index contributed by atoms with van der Waals surface area (Å²) < 4.78 is 0. The summed E-state index contributed by atoms with van der Waals surface area (Å²) in [6.07, 6.45) is 8.99. The van der Waals surface area contributed by atoms with E-state index in [0.717, 1.165) is 11.1 Å². The van der Waals surface area contributed by atoms with Crippen LogP contribution in [0.3, 0.4) is 0 Å². The van der Waals surface area contributed by atoms with Gasteiger partial charge in [0, 0.05) is 17.3 Å². The predicted molar refractivity (Wildman–Crippen MR) is 135 cm³/mol. The zero-order chi connectivity index (χ0) is 20.6. The van der Waals surface area contributed by atoms with Gasteiger partial charge in [0.2, 0.25) is 0 Å². The molecular weight excluding hydrogens is 441 g/mol. The number of allylic oxidation sites excluding steroid dienone is 2. The van der Waals surface area contributed by atoms with Crippen molar-refractivity contribution >= 4 is 11.4 Å². The monoisotopic (exact) mass is 465 g/mol. The molecule has 2 unspecified atom stereocenters. The SMILES string of the molecule is [CH3-].[Mn+3].[c-]1ccccc1-c1[c-]ccc(-c2ccc3c(c2)C2C=CC=CC2N3c2ccccc2)c1. The minimum Gasteiger partial charge on any atom is -0.358 e. The Morgan fingerprint density at radius 2 is 1.42 bits per heavy atom. The van der Waals surface area contributed by atoms with Crippen LogP contribution in [-0.2, 0) is 17.1 Å². The van der Waals surface area contributed by atoms with E-state index in [1.807, 2.05) is 24.3 Å². The Balaban J connectivity index is 0.00000130. The fraction of sp³-hybridized carbons (Fsp3) is 0.0645. The number of anilines is 2. The van der Waals surface area contributed by atoms with Crippen LogP contribution in [0, 0.1) is 19.6 Å². The number of para-hydroxylation sites is 1. The molecule has 6 rings (SSSR count). The number of rotatable bonds is 3. The molecule has 2 heteroatoms. The Labute approximate surface area is 207 Å². The quantitative estimate of drug-likeness (QED) is 0.220. The minimum atomic E-state index is 0. The number of hydrogen-bond donors (Lipinski definition) is 0. The molecule has 0 radical (unpaired) electrons. The van der Waals surface area contributed by atoms with Crippen molar-refractivity contribution in [3.05, 3.63) is 140 Å². The maximum atomic E-state index is 3.36. The molecule has 160 valence electrons. The van der Waals surface area contributed by atoms with Gasteiger partial charge in [-0.25, -0.2) is 11.1 Å². The normalized spacial score (nSPS) is 17.5. The van der Waals surface area contributed by atoms with Gasteiger partial charge in [0.25, 0.3) is 0 Å². The van der Waals surface area contributed by atoms with E-state index in [1.54, 1.807) is 0 Å². The molecule has 4 aromatic carbocycles. The summed E-state index contributed by atoms with van der Waals surface area (Å²) in [5.74, 6) is 0.359. The summed E-state index contributed by atoms with van der Waals surface area (Å²) in [5.41, 5.74) is 8.50. The third-order valence-electron chi connectivity index (χ3n) is 6.22. The predicted octanol–water partition coefficient (Wildman–Crippen LogP) is 7.80. The third-order valence-corrected chi connectivity index (χ3v) is 6.22. The van der Waals surface area contributed by atoms with Gasteiger partial charge in [0.1, 0.15) is 0 Å². The van der Waals surface area contributed by atoms with E-state index in [-0.39, 0.29) is 24.5 Å². The van der Waals surface area contributed by atoms with Gasteiger partial charge in [0.05, 0.1) is 6.04 Å². The first-order valence-electron chi connectivity index (χ1n) is 10.7. The summed E-state index contributed by atoms with van der Waals surface area (Å²) in [4.78, 5) is 2.47. The van der Waals surface area contributed by atoms with E-state index in [1.165, 1.54) is 28.1 Å². The largest absolute Gasteiger partial charge is 3.00 e. The smallest absolute Gasteiger partial charge is 0.358 e. The number of benzene rings is 4. The molecule has 0 bridgehead atoms. The first kappa shape index (κ1) is 22.9. The van der Waals surface area contributed by atoms with Crippen LogP contribution in [0.1, 0.15) is 11.5 Å². The molecule has 1 heterocycles. The van der Waals surface area contributed by atoms with Crippen LogP contribution in [0.25, 0.3) is 22.3 Å². The summed E-state index contributed by atoms with van der Waals surface area (Å²) >= 11 is 0. The molecule has 33 heavy (non-hydrogen) atoms. The number of fused-ring (bicyclic) bond motifs is 3. The topological polar surface area (TPSA) is 3.24 Å². The maximum Gasteiger partial charge on any atom is 3.00 e. The van der Waals surface area contributed by atoms with Crippen LogP contribution in [0.4, 0.5) is 11.4 Å². The van der Waals surface area contributed by atoms with E-state index in [9.17, 15) is 0 Å². The van der Waals surface area contributed by atoms with Crippen LogP contribution in [0.15, 0.2) is 115 Å². The number of nitrogens with zero attached hydrogens (tertiary/aromatic N) is 1. The molecule has 1 aliphatic carbocycles. The van der Waals surface area contributed by atoms with Crippen LogP contribution in [0.5, 0.6) is 0 Å². The Bertz CT molecular complexity index is 1290. The van der Waals surface area contributed by atoms with Crippen molar-refractivity contribution in [2.75, 3.05) is 4.90 Å². The van der Waals surface area contributed by atoms with Gasteiger partial charge in [-0.15, -0.1) is 17.7 Å². The maximum absolute atomic E-state index is 3.36. The van der Waals surface area contributed by atoms with Crippen molar-refractivity contribution in [1.82, 2.24) is 0 Å². The second-order valence-corrected chi connectivity index (χ2v) is 8.03. The van der Waals surface area contributed by atoms with Gasteiger partial charge in [-0.1, -0.05) is 54.6 Å². The zero-order valence-corrected chi connectivity index (χ0v) is 19.6. The summed E-state index contributed by atoms with van der Waals surface area (Å²) in [7, 11) is 0. The molecule has 4 aromatic rings. The van der Waals surface area contributed by atoms with Crippen molar-refractivity contribution in [2.45, 2.75) is 12.0 Å². The van der Waals surface area contributed by atoms with Crippen molar-refractivity contribution in [3.63, 3.8) is 0 Å². The van der Waals surface area contributed by atoms with Gasteiger partial charge in [-0.2, -0.15) is 42.5 Å². The van der Waals surface area contributed by atoms with Crippen LogP contribution in [-0.4, -0.2) is 6.04 Å². The van der Waals surface area contributed by atoms with Crippen molar-refractivity contribution < 1.29 is 17.1 Å². The molecule has 0 spiro atoms. The van der Waals surface area contributed by atoms with Crippen LogP contribution >= 0.6 is 0 Å². The molecule has 1 nitrogen and oxygen atoms in total. The zero-order valence-electron chi connectivity index (χ0n) is 18.4. The molecule has 0 amide bonds. The molecule has 1 aliphatic heterocycles. The molecule has 2 atom stereocenters. The molecular formula is C31H24MnN. The second kappa shape index (κ2) is 9.67. The Morgan fingerprint density at radius 3 is 2.24 bits per heavy atom. The van der Waals surface area contributed by atoms with Gasteiger partial charge < -0.3 is 12.3 Å². The van der Waals surface area contributed by atoms with E-state index < -0.39 is 0 Å². The van der Waals surface area contributed by atoms with Crippen molar-refractivity contribution in [3.8, 4) is 22.3 Å². The van der Waals surface area contributed by atoms with Gasteiger partial charge in [0.15, 0.2) is 0 Å². The summed E-state index contributed by atoms with van der Waals surface area (Å²) in [6.45, 7) is 0. The summed E-state index contributed by atoms with van der Waals surface area (Å²) in [5, 5.41) is 0. The second-order valence-electron chi connectivity index (χ2n) is 8.03. The molecule has 0 saturated heterocycles. The average molecular weight is 465 g/mol. The van der Waals surface area contributed by atoms with E-state index in [0.29, 0.717) is 12.0 Å². The molecule has 2 aliphatic rings. The first-order valence-corrected chi connectivity index (χ1v) is 10.7. The van der Waals surface area contributed by atoms with Gasteiger partial charge in [-0.3, -0.25) is 0 Å². The Hall–Kier alpha value is -3.32. The molecule has 0 saturated carbocycles. The fourth-order valence-corrected chi connectivity index (χ4v) is 4.77. The molecule has 0 aromatic heterocycles. The molecule has 0 N–H and O–H groups in total. The van der Waals surface area contributed by atoms with Gasteiger partial charge in [-0.05, 0) is 29.3 Å². The minimum absolute atomic E-state index is 0. The van der Waals surface area contributed by atoms with Crippen molar-refractivity contribution in [2.24, 2.45) is 0 Å². The Morgan fingerprint density at radius 1 is 0.667 bits per heavy atom. The van der Waals surface area contributed by atoms with Crippen LogP contribution < -0.4 is 4.90 Å². The third kappa shape index (κ3) is 4.09. The first-order chi connectivity index (χ1) is 15.4.